The number of nitrogens with one attached hydrogen (secondary N) is 1. The number of nitrogens with two attached hydrogens (primary N) is 1. The van der Waals surface area contributed by atoms with Crippen molar-refractivity contribution in [3.05, 3.63) is 58.3 Å². The van der Waals surface area contributed by atoms with E-state index in [1.807, 2.05) is 0 Å². The first-order chi connectivity index (χ1) is 18.8. The van der Waals surface area contributed by atoms with Gasteiger partial charge in [-0.15, -0.1) is 0 Å². The molecule has 0 bridgehead atoms. The summed E-state index contributed by atoms with van der Waals surface area (Å²) in [5, 5.41) is 14.2. The SMILES string of the molecule is NC(=O)C1(NC(=O)c2c(O)c3cc(-c4ccc(F)cc4)cnc3n(CCN3CCOCC3)c2=O)CCCCC1. The quantitative estimate of drug-likeness (QED) is 0.420. The third kappa shape index (κ3) is 5.37. The van der Waals surface area contributed by atoms with E-state index in [9.17, 15) is 23.9 Å². The van der Waals surface area contributed by atoms with Crippen LogP contribution in [0.4, 0.5) is 4.39 Å². The summed E-state index contributed by atoms with van der Waals surface area (Å²) in [6.07, 6.45) is 4.61. The van der Waals surface area contributed by atoms with Crippen LogP contribution in [0.3, 0.4) is 0 Å². The van der Waals surface area contributed by atoms with Gasteiger partial charge in [-0.05, 0) is 36.6 Å². The second-order valence-electron chi connectivity index (χ2n) is 10.2. The molecule has 1 saturated carbocycles. The number of morpholine rings is 1. The van der Waals surface area contributed by atoms with Gasteiger partial charge in [0.2, 0.25) is 5.91 Å². The first kappa shape index (κ1) is 26.8. The lowest BCUT2D eigenvalue weighted by atomic mass is 9.81. The predicted molar refractivity (Wildman–Crippen MR) is 143 cm³/mol. The molecular weight excluding hydrogens is 505 g/mol. The zero-order valence-corrected chi connectivity index (χ0v) is 21.6. The van der Waals surface area contributed by atoms with Crippen LogP contribution in [0, 0.1) is 5.82 Å². The van der Waals surface area contributed by atoms with Crippen molar-refractivity contribution < 1.29 is 23.8 Å². The maximum absolute atomic E-state index is 13.7. The Bertz CT molecular complexity index is 1440. The Kier molecular flexibility index (Phi) is 7.62. The molecule has 5 rings (SSSR count). The van der Waals surface area contributed by atoms with Gasteiger partial charge in [-0.3, -0.25) is 23.9 Å². The lowest BCUT2D eigenvalue weighted by Gasteiger charge is -2.35. The fourth-order valence-electron chi connectivity index (χ4n) is 5.46. The summed E-state index contributed by atoms with van der Waals surface area (Å²) in [4.78, 5) is 46.3. The third-order valence-electron chi connectivity index (χ3n) is 7.75. The van der Waals surface area contributed by atoms with Crippen molar-refractivity contribution in [3.8, 4) is 16.9 Å². The fraction of sp³-hybridized carbons (Fsp3) is 0.429. The van der Waals surface area contributed by atoms with Gasteiger partial charge in [-0.1, -0.05) is 31.4 Å². The highest BCUT2D eigenvalue weighted by atomic mass is 19.1. The molecule has 39 heavy (non-hydrogen) atoms. The van der Waals surface area contributed by atoms with Crippen LogP contribution in [0.15, 0.2) is 41.3 Å². The van der Waals surface area contributed by atoms with Crippen LogP contribution in [0.25, 0.3) is 22.2 Å². The zero-order valence-electron chi connectivity index (χ0n) is 21.6. The van der Waals surface area contributed by atoms with Crippen LogP contribution in [-0.4, -0.2) is 69.8 Å². The average Bonchev–Trinajstić information content (AvgIpc) is 2.94. The molecule has 0 radical (unpaired) electrons. The summed E-state index contributed by atoms with van der Waals surface area (Å²) in [5.41, 5.74) is 4.69. The number of carbonyl (C=O) groups is 2. The molecule has 1 saturated heterocycles. The first-order valence-corrected chi connectivity index (χ1v) is 13.2. The first-order valence-electron chi connectivity index (χ1n) is 13.2. The third-order valence-corrected chi connectivity index (χ3v) is 7.75. The molecule has 206 valence electrons. The summed E-state index contributed by atoms with van der Waals surface area (Å²) < 4.78 is 20.3. The fourth-order valence-corrected chi connectivity index (χ4v) is 5.46. The number of pyridine rings is 2. The maximum Gasteiger partial charge on any atom is 0.268 e. The van der Waals surface area contributed by atoms with E-state index < -0.39 is 40.0 Å². The van der Waals surface area contributed by atoms with E-state index in [-0.39, 0.29) is 17.6 Å². The largest absolute Gasteiger partial charge is 0.506 e. The molecule has 1 aromatic carbocycles. The molecule has 0 atom stereocenters. The van der Waals surface area contributed by atoms with Gasteiger partial charge >= 0.3 is 0 Å². The van der Waals surface area contributed by atoms with Gasteiger partial charge in [-0.25, -0.2) is 9.37 Å². The number of nitrogens with zero attached hydrogens (tertiary/aromatic N) is 3. The maximum atomic E-state index is 13.7. The van der Waals surface area contributed by atoms with E-state index in [2.05, 4.69) is 15.2 Å². The van der Waals surface area contributed by atoms with Crippen LogP contribution < -0.4 is 16.6 Å². The minimum absolute atomic E-state index is 0.195. The number of amides is 2. The van der Waals surface area contributed by atoms with Crippen LogP contribution in [0.2, 0.25) is 0 Å². The normalized spacial score (nSPS) is 17.7. The van der Waals surface area contributed by atoms with Gasteiger partial charge in [0, 0.05) is 37.9 Å². The highest BCUT2D eigenvalue weighted by Crippen LogP contribution is 2.32. The number of halogens is 1. The molecule has 1 aliphatic carbocycles. The summed E-state index contributed by atoms with van der Waals surface area (Å²) >= 11 is 0. The van der Waals surface area contributed by atoms with E-state index in [1.54, 1.807) is 24.4 Å². The highest BCUT2D eigenvalue weighted by molar-refractivity contribution is 6.04. The number of carbonyl (C=O) groups excluding carboxylic acids is 2. The molecule has 3 aromatic rings. The number of hydrogen-bond donors (Lipinski definition) is 3. The van der Waals surface area contributed by atoms with Gasteiger partial charge in [0.05, 0.1) is 18.6 Å². The van der Waals surface area contributed by atoms with Crippen molar-refractivity contribution in [1.29, 1.82) is 0 Å². The van der Waals surface area contributed by atoms with Crippen LogP contribution in [-0.2, 0) is 16.1 Å². The number of benzene rings is 1. The van der Waals surface area contributed by atoms with Crippen LogP contribution >= 0.6 is 0 Å². The number of rotatable bonds is 7. The molecule has 0 spiro atoms. The standard InChI is InChI=1S/C28H32FN5O5/c29-20-6-4-18(5-7-20)19-16-21-23(35)22(25(36)32-28(27(30)38)8-2-1-3-9-28)26(37)34(24(21)31-17-19)11-10-33-12-14-39-15-13-33/h4-7,16-17,35H,1-3,8-15H2,(H2,30,38)(H,32,36). The van der Waals surface area contributed by atoms with Gasteiger partial charge in [0.15, 0.2) is 0 Å². The highest BCUT2D eigenvalue weighted by Gasteiger charge is 2.40. The molecule has 2 fully saturated rings. The van der Waals surface area contributed by atoms with Crippen molar-refractivity contribution in [2.24, 2.45) is 5.73 Å². The minimum Gasteiger partial charge on any atom is -0.506 e. The molecule has 2 aromatic heterocycles. The molecule has 2 amide bonds. The molecule has 1 aliphatic heterocycles. The van der Waals surface area contributed by atoms with E-state index in [1.165, 1.54) is 16.7 Å². The number of aromatic hydroxyl groups is 1. The molecule has 2 aliphatic rings. The molecule has 10 nitrogen and oxygen atoms in total. The van der Waals surface area contributed by atoms with Gasteiger partial charge in [0.1, 0.15) is 28.3 Å². The summed E-state index contributed by atoms with van der Waals surface area (Å²) in [6, 6.07) is 7.41. The van der Waals surface area contributed by atoms with Crippen LogP contribution in [0.5, 0.6) is 5.75 Å². The molecular formula is C28H32FN5O5. The second kappa shape index (κ2) is 11.1. The van der Waals surface area contributed by atoms with Gasteiger partial charge in [-0.2, -0.15) is 0 Å². The van der Waals surface area contributed by atoms with E-state index >= 15 is 0 Å². The van der Waals surface area contributed by atoms with Crippen molar-refractivity contribution in [2.75, 3.05) is 32.8 Å². The van der Waals surface area contributed by atoms with Crippen molar-refractivity contribution in [3.63, 3.8) is 0 Å². The second-order valence-corrected chi connectivity index (χ2v) is 10.2. The predicted octanol–water partition coefficient (Wildman–Crippen LogP) is 2.16. The van der Waals surface area contributed by atoms with Crippen molar-refractivity contribution >= 4 is 22.8 Å². The summed E-state index contributed by atoms with van der Waals surface area (Å²) in [5.74, 6) is -2.43. The Morgan fingerprint density at radius 1 is 1.08 bits per heavy atom. The Labute approximate surface area is 224 Å². The molecule has 3 heterocycles. The van der Waals surface area contributed by atoms with Gasteiger partial charge < -0.3 is 20.9 Å². The van der Waals surface area contributed by atoms with E-state index in [4.69, 9.17) is 10.5 Å². The number of hydrogen-bond acceptors (Lipinski definition) is 7. The number of aromatic nitrogens is 2. The van der Waals surface area contributed by atoms with Crippen molar-refractivity contribution in [2.45, 2.75) is 44.2 Å². The zero-order chi connectivity index (χ0) is 27.6. The smallest absolute Gasteiger partial charge is 0.268 e. The number of ether oxygens (including phenoxy) is 1. The average molecular weight is 538 g/mol. The number of fused-ring (bicyclic) bond motifs is 1. The Hall–Kier alpha value is -3.83. The number of primary amides is 1. The van der Waals surface area contributed by atoms with Gasteiger partial charge in [0.25, 0.3) is 11.5 Å². The van der Waals surface area contributed by atoms with Crippen molar-refractivity contribution in [1.82, 2.24) is 19.8 Å². The molecule has 0 unspecified atom stereocenters. The Morgan fingerprint density at radius 3 is 2.44 bits per heavy atom. The Morgan fingerprint density at radius 2 is 1.77 bits per heavy atom. The van der Waals surface area contributed by atoms with E-state index in [0.29, 0.717) is 69.7 Å². The summed E-state index contributed by atoms with van der Waals surface area (Å²) in [7, 11) is 0. The lowest BCUT2D eigenvalue weighted by Crippen LogP contribution is -2.59. The topological polar surface area (TPSA) is 140 Å². The van der Waals surface area contributed by atoms with Crippen LogP contribution in [0.1, 0.15) is 42.5 Å². The molecule has 11 heteroatoms. The Balaban J connectivity index is 1.60. The monoisotopic (exact) mass is 537 g/mol. The summed E-state index contributed by atoms with van der Waals surface area (Å²) in [6.45, 7) is 3.33. The van der Waals surface area contributed by atoms with E-state index in [0.717, 1.165) is 6.42 Å². The molecule has 4 N–H and O–H groups in total. The minimum atomic E-state index is -1.28. The lowest BCUT2D eigenvalue weighted by molar-refractivity contribution is -0.125.